The van der Waals surface area contributed by atoms with Crippen molar-refractivity contribution in [1.29, 1.82) is 0 Å². The molecule has 2 aromatic rings. The molecular formula is C20H20FNO4. The third-order valence-electron chi connectivity index (χ3n) is 4.27. The number of fused-ring (bicyclic) bond motifs is 1. The molecule has 1 aliphatic heterocycles. The summed E-state index contributed by atoms with van der Waals surface area (Å²) in [5.41, 5.74) is 1.96. The predicted octanol–water partition coefficient (Wildman–Crippen LogP) is 3.11. The molecule has 0 unspecified atom stereocenters. The number of benzene rings is 2. The second kappa shape index (κ2) is 7.56. The van der Waals surface area contributed by atoms with Crippen LogP contribution >= 0.6 is 0 Å². The summed E-state index contributed by atoms with van der Waals surface area (Å²) in [6.07, 6.45) is -0.149. The quantitative estimate of drug-likeness (QED) is 0.772. The van der Waals surface area contributed by atoms with Crippen LogP contribution in [0.2, 0.25) is 0 Å². The minimum absolute atomic E-state index is 0.0107. The number of esters is 1. The zero-order chi connectivity index (χ0) is 18.7. The van der Waals surface area contributed by atoms with Gasteiger partial charge in [-0.15, -0.1) is 0 Å². The van der Waals surface area contributed by atoms with E-state index in [-0.39, 0.29) is 24.4 Å². The predicted molar refractivity (Wildman–Crippen MR) is 94.5 cm³/mol. The molecule has 0 radical (unpaired) electrons. The summed E-state index contributed by atoms with van der Waals surface area (Å²) in [6, 6.07) is 13.0. The van der Waals surface area contributed by atoms with Gasteiger partial charge in [0.05, 0.1) is 0 Å². The molecule has 0 fully saturated rings. The van der Waals surface area contributed by atoms with Gasteiger partial charge < -0.3 is 14.4 Å². The summed E-state index contributed by atoms with van der Waals surface area (Å²) in [7, 11) is 0. The highest BCUT2D eigenvalue weighted by Gasteiger charge is 2.34. The number of carbonyl (C=O) groups is 2. The maximum Gasteiger partial charge on any atom is 0.344 e. The van der Waals surface area contributed by atoms with Crippen molar-refractivity contribution in [2.24, 2.45) is 0 Å². The maximum absolute atomic E-state index is 12.8. The maximum atomic E-state index is 12.8. The van der Waals surface area contributed by atoms with E-state index in [9.17, 15) is 14.0 Å². The van der Waals surface area contributed by atoms with Gasteiger partial charge in [-0.3, -0.25) is 4.79 Å². The second-order valence-corrected chi connectivity index (χ2v) is 6.26. The summed E-state index contributed by atoms with van der Waals surface area (Å²) >= 11 is 0. The fourth-order valence-corrected chi connectivity index (χ4v) is 3.05. The van der Waals surface area contributed by atoms with E-state index in [0.717, 1.165) is 17.7 Å². The Morgan fingerprint density at radius 2 is 1.88 bits per heavy atom. The van der Waals surface area contributed by atoms with Gasteiger partial charge in [0.25, 0.3) is 5.91 Å². The van der Waals surface area contributed by atoms with E-state index in [1.807, 2.05) is 31.2 Å². The molecule has 26 heavy (non-hydrogen) atoms. The molecule has 1 amide bonds. The number of para-hydroxylation sites is 1. The number of hydrogen-bond donors (Lipinski definition) is 0. The van der Waals surface area contributed by atoms with E-state index in [0.29, 0.717) is 5.75 Å². The van der Waals surface area contributed by atoms with Crippen molar-refractivity contribution in [2.45, 2.75) is 32.4 Å². The fourth-order valence-electron chi connectivity index (χ4n) is 3.05. The number of halogens is 1. The van der Waals surface area contributed by atoms with Gasteiger partial charge in [0.2, 0.25) is 0 Å². The standard InChI is InChI=1S/C20H20FNO4/c1-13-11-15-5-3-4-6-18(15)22(13)20(24)14(2)26-19(23)12-25-17-9-7-16(21)8-10-17/h3-10,13-14H,11-12H2,1-2H3/t13-,14+/m0/s1. The van der Waals surface area contributed by atoms with Crippen LogP contribution in [-0.4, -0.2) is 30.6 Å². The van der Waals surface area contributed by atoms with E-state index in [4.69, 9.17) is 9.47 Å². The van der Waals surface area contributed by atoms with Crippen LogP contribution in [0.3, 0.4) is 0 Å². The van der Waals surface area contributed by atoms with Crippen molar-refractivity contribution < 1.29 is 23.5 Å². The summed E-state index contributed by atoms with van der Waals surface area (Å²) < 4.78 is 23.3. The highest BCUT2D eigenvalue weighted by Crippen LogP contribution is 2.32. The van der Waals surface area contributed by atoms with Crippen LogP contribution in [0.1, 0.15) is 19.4 Å². The van der Waals surface area contributed by atoms with Crippen LogP contribution in [0.25, 0.3) is 0 Å². The van der Waals surface area contributed by atoms with E-state index >= 15 is 0 Å². The number of amides is 1. The summed E-state index contributed by atoms with van der Waals surface area (Å²) in [5.74, 6) is -0.962. The lowest BCUT2D eigenvalue weighted by Gasteiger charge is -2.25. The van der Waals surface area contributed by atoms with E-state index in [1.165, 1.54) is 24.3 Å². The van der Waals surface area contributed by atoms with Crippen LogP contribution < -0.4 is 9.64 Å². The number of hydrogen-bond acceptors (Lipinski definition) is 4. The molecule has 0 bridgehead atoms. The van der Waals surface area contributed by atoms with Crippen LogP contribution in [0.4, 0.5) is 10.1 Å². The Kier molecular flexibility index (Phi) is 5.21. The number of ether oxygens (including phenoxy) is 2. The Labute approximate surface area is 151 Å². The number of nitrogens with zero attached hydrogens (tertiary/aromatic N) is 1. The van der Waals surface area contributed by atoms with Crippen molar-refractivity contribution in [1.82, 2.24) is 0 Å². The van der Waals surface area contributed by atoms with Crippen molar-refractivity contribution in [3.63, 3.8) is 0 Å². The molecule has 0 aromatic heterocycles. The van der Waals surface area contributed by atoms with Crippen molar-refractivity contribution in [3.8, 4) is 5.75 Å². The first kappa shape index (κ1) is 17.9. The molecule has 1 aliphatic rings. The molecule has 0 saturated carbocycles. The fraction of sp³-hybridized carbons (Fsp3) is 0.300. The lowest BCUT2D eigenvalue weighted by molar-refractivity contribution is -0.155. The third kappa shape index (κ3) is 3.85. The van der Waals surface area contributed by atoms with Crippen LogP contribution in [-0.2, 0) is 20.7 Å². The summed E-state index contributed by atoms with van der Waals surface area (Å²) in [4.78, 5) is 26.4. The van der Waals surface area contributed by atoms with Crippen LogP contribution in [0.15, 0.2) is 48.5 Å². The molecule has 1 heterocycles. The van der Waals surface area contributed by atoms with Gasteiger partial charge in [-0.25, -0.2) is 9.18 Å². The van der Waals surface area contributed by atoms with Gasteiger partial charge in [-0.1, -0.05) is 18.2 Å². The van der Waals surface area contributed by atoms with Gasteiger partial charge in [0.1, 0.15) is 11.6 Å². The van der Waals surface area contributed by atoms with Crippen LogP contribution in [0.5, 0.6) is 5.75 Å². The average molecular weight is 357 g/mol. The highest BCUT2D eigenvalue weighted by molar-refractivity contribution is 5.99. The van der Waals surface area contributed by atoms with Gasteiger partial charge in [0, 0.05) is 11.7 Å². The lowest BCUT2D eigenvalue weighted by atomic mass is 10.1. The van der Waals surface area contributed by atoms with E-state index < -0.39 is 12.1 Å². The highest BCUT2D eigenvalue weighted by atomic mass is 19.1. The van der Waals surface area contributed by atoms with E-state index in [1.54, 1.807) is 11.8 Å². The molecule has 5 nitrogen and oxygen atoms in total. The van der Waals surface area contributed by atoms with Crippen LogP contribution in [0, 0.1) is 5.82 Å². The van der Waals surface area contributed by atoms with Gasteiger partial charge in [0.15, 0.2) is 12.7 Å². The van der Waals surface area contributed by atoms with Gasteiger partial charge in [-0.2, -0.15) is 0 Å². The van der Waals surface area contributed by atoms with E-state index in [2.05, 4.69) is 0 Å². The molecule has 0 spiro atoms. The first-order valence-corrected chi connectivity index (χ1v) is 8.44. The molecule has 2 atom stereocenters. The number of rotatable bonds is 5. The molecule has 136 valence electrons. The normalized spacial score (nSPS) is 16.7. The Bertz CT molecular complexity index is 806. The monoisotopic (exact) mass is 357 g/mol. The Morgan fingerprint density at radius 3 is 2.62 bits per heavy atom. The molecule has 6 heteroatoms. The largest absolute Gasteiger partial charge is 0.482 e. The Morgan fingerprint density at radius 1 is 1.19 bits per heavy atom. The smallest absolute Gasteiger partial charge is 0.344 e. The van der Waals surface area contributed by atoms with Crippen molar-refractivity contribution in [3.05, 3.63) is 59.9 Å². The zero-order valence-corrected chi connectivity index (χ0v) is 14.6. The lowest BCUT2D eigenvalue weighted by Crippen LogP contribution is -2.43. The first-order valence-electron chi connectivity index (χ1n) is 8.44. The van der Waals surface area contributed by atoms with Crippen molar-refractivity contribution in [2.75, 3.05) is 11.5 Å². The molecule has 0 N–H and O–H groups in total. The average Bonchev–Trinajstić information content (AvgIpc) is 2.96. The zero-order valence-electron chi connectivity index (χ0n) is 14.6. The Hall–Kier alpha value is -2.89. The minimum atomic E-state index is -0.923. The minimum Gasteiger partial charge on any atom is -0.482 e. The topological polar surface area (TPSA) is 55.8 Å². The second-order valence-electron chi connectivity index (χ2n) is 6.26. The third-order valence-corrected chi connectivity index (χ3v) is 4.27. The number of anilines is 1. The molecule has 0 aliphatic carbocycles. The molecule has 0 saturated heterocycles. The molecule has 3 rings (SSSR count). The first-order chi connectivity index (χ1) is 12.5. The molecule has 2 aromatic carbocycles. The Balaban J connectivity index is 1.57. The SMILES string of the molecule is C[C@@H](OC(=O)COc1ccc(F)cc1)C(=O)N1c2ccccc2C[C@@H]1C. The van der Waals surface area contributed by atoms with Gasteiger partial charge in [-0.05, 0) is 56.2 Å². The van der Waals surface area contributed by atoms with Crippen molar-refractivity contribution >= 4 is 17.6 Å². The number of carbonyl (C=O) groups excluding carboxylic acids is 2. The molecular weight excluding hydrogens is 337 g/mol. The van der Waals surface area contributed by atoms with Gasteiger partial charge >= 0.3 is 5.97 Å². The summed E-state index contributed by atoms with van der Waals surface area (Å²) in [5, 5.41) is 0. The summed E-state index contributed by atoms with van der Waals surface area (Å²) in [6.45, 7) is 3.16.